The summed E-state index contributed by atoms with van der Waals surface area (Å²) in [5.41, 5.74) is 2.07. The van der Waals surface area contributed by atoms with Crippen LogP contribution >= 0.6 is 22.9 Å². The Morgan fingerprint density at radius 1 is 1.33 bits per heavy atom. The second-order valence-corrected chi connectivity index (χ2v) is 5.64. The molecule has 1 aromatic carbocycles. The lowest BCUT2D eigenvalue weighted by atomic mass is 10.2. The van der Waals surface area contributed by atoms with E-state index in [0.29, 0.717) is 21.2 Å². The lowest BCUT2D eigenvalue weighted by molar-refractivity contribution is -0.131. The van der Waals surface area contributed by atoms with Crippen molar-refractivity contribution in [3.05, 3.63) is 56.7 Å². The molecule has 1 heterocycles. The quantitative estimate of drug-likeness (QED) is 0.834. The minimum absolute atomic E-state index is 0.317. The normalized spacial score (nSPS) is 10.8. The van der Waals surface area contributed by atoms with E-state index < -0.39 is 5.97 Å². The molecule has 1 amide bonds. The molecule has 2 rings (SSSR count). The van der Waals surface area contributed by atoms with Gasteiger partial charge < -0.3 is 10.4 Å². The Hall–Kier alpha value is -2.11. The molecule has 21 heavy (non-hydrogen) atoms. The van der Waals surface area contributed by atoms with Crippen LogP contribution in [0, 0.1) is 6.92 Å². The number of anilines is 1. The number of hydrogen-bond donors (Lipinski definition) is 2. The number of hydrogen-bond acceptors (Lipinski definition) is 3. The highest BCUT2D eigenvalue weighted by molar-refractivity contribution is 7.12. The molecule has 1 aromatic heterocycles. The number of carbonyl (C=O) groups excluding carboxylic acids is 1. The molecule has 0 aliphatic carbocycles. The molecule has 0 bridgehead atoms. The summed E-state index contributed by atoms with van der Waals surface area (Å²) in [6.07, 6.45) is 2.39. The standard InChI is InChI=1S/C15H12ClNO3S/c1-9-2-4-11(16)12(8-9)17-15(20)14-10(6-7-21-14)3-5-13(18)19/h2-8H,1H3,(H,17,20)(H,18,19)/b5-3+. The third kappa shape index (κ3) is 3.93. The first-order valence-corrected chi connectivity index (χ1v) is 7.29. The van der Waals surface area contributed by atoms with Crippen molar-refractivity contribution >= 4 is 46.6 Å². The molecule has 0 unspecified atom stereocenters. The Morgan fingerprint density at radius 2 is 2.10 bits per heavy atom. The van der Waals surface area contributed by atoms with E-state index in [9.17, 15) is 9.59 Å². The molecule has 0 atom stereocenters. The van der Waals surface area contributed by atoms with Crippen molar-refractivity contribution < 1.29 is 14.7 Å². The largest absolute Gasteiger partial charge is 0.478 e. The first-order valence-electron chi connectivity index (χ1n) is 6.03. The number of carboxylic acids is 1. The number of nitrogens with one attached hydrogen (secondary N) is 1. The fourth-order valence-corrected chi connectivity index (χ4v) is 2.66. The Balaban J connectivity index is 2.23. The summed E-state index contributed by atoms with van der Waals surface area (Å²) in [7, 11) is 0. The maximum absolute atomic E-state index is 12.3. The van der Waals surface area contributed by atoms with Crippen LogP contribution in [0.3, 0.4) is 0 Å². The van der Waals surface area contributed by atoms with Crippen molar-refractivity contribution in [1.29, 1.82) is 0 Å². The molecule has 0 saturated carbocycles. The second-order valence-electron chi connectivity index (χ2n) is 4.31. The smallest absolute Gasteiger partial charge is 0.328 e. The highest BCUT2D eigenvalue weighted by Gasteiger charge is 2.13. The van der Waals surface area contributed by atoms with Crippen LogP contribution in [0.2, 0.25) is 5.02 Å². The molecule has 0 aliphatic rings. The van der Waals surface area contributed by atoms with E-state index in [1.165, 1.54) is 17.4 Å². The second kappa shape index (κ2) is 6.56. The van der Waals surface area contributed by atoms with E-state index in [1.807, 2.05) is 13.0 Å². The van der Waals surface area contributed by atoms with Crippen LogP contribution in [0.4, 0.5) is 5.69 Å². The van der Waals surface area contributed by atoms with E-state index in [0.717, 1.165) is 11.6 Å². The zero-order chi connectivity index (χ0) is 15.4. The molecule has 0 saturated heterocycles. The van der Waals surface area contributed by atoms with Crippen LogP contribution in [-0.4, -0.2) is 17.0 Å². The number of carbonyl (C=O) groups is 2. The summed E-state index contributed by atoms with van der Waals surface area (Å²) < 4.78 is 0. The number of aliphatic carboxylic acids is 1. The van der Waals surface area contributed by atoms with Gasteiger partial charge in [0.2, 0.25) is 0 Å². The predicted octanol–water partition coefficient (Wildman–Crippen LogP) is 4.06. The van der Waals surface area contributed by atoms with Crippen molar-refractivity contribution in [2.75, 3.05) is 5.32 Å². The first kappa shape index (κ1) is 15.3. The average molecular weight is 322 g/mol. The summed E-state index contributed by atoms with van der Waals surface area (Å²) >= 11 is 7.28. The van der Waals surface area contributed by atoms with Crippen LogP contribution in [-0.2, 0) is 4.79 Å². The monoisotopic (exact) mass is 321 g/mol. The molecule has 4 nitrogen and oxygen atoms in total. The SMILES string of the molecule is Cc1ccc(Cl)c(NC(=O)c2sccc2/C=C/C(=O)O)c1. The van der Waals surface area contributed by atoms with Gasteiger partial charge in [-0.05, 0) is 47.7 Å². The van der Waals surface area contributed by atoms with Crippen LogP contribution in [0.25, 0.3) is 6.08 Å². The maximum Gasteiger partial charge on any atom is 0.328 e. The maximum atomic E-state index is 12.3. The third-order valence-electron chi connectivity index (χ3n) is 2.68. The molecule has 2 N–H and O–H groups in total. The highest BCUT2D eigenvalue weighted by Crippen LogP contribution is 2.25. The predicted molar refractivity (Wildman–Crippen MR) is 85.1 cm³/mol. The highest BCUT2D eigenvalue weighted by atomic mass is 35.5. The van der Waals surface area contributed by atoms with Crippen molar-refractivity contribution in [1.82, 2.24) is 0 Å². The van der Waals surface area contributed by atoms with Gasteiger partial charge in [-0.15, -0.1) is 11.3 Å². The number of carboxylic acid groups (broad SMARTS) is 1. The number of benzene rings is 1. The molecule has 0 radical (unpaired) electrons. The molecular formula is C15H12ClNO3S. The zero-order valence-corrected chi connectivity index (χ0v) is 12.7. The Bertz CT molecular complexity index is 721. The summed E-state index contributed by atoms with van der Waals surface area (Å²) in [5.74, 6) is -1.38. The van der Waals surface area contributed by atoms with Crippen molar-refractivity contribution in [3.63, 3.8) is 0 Å². The fourth-order valence-electron chi connectivity index (χ4n) is 1.71. The zero-order valence-electron chi connectivity index (χ0n) is 11.1. The summed E-state index contributed by atoms with van der Waals surface area (Å²) in [4.78, 5) is 23.2. The van der Waals surface area contributed by atoms with Crippen LogP contribution < -0.4 is 5.32 Å². The summed E-state index contributed by atoms with van der Waals surface area (Å²) in [5, 5.41) is 13.6. The van der Waals surface area contributed by atoms with E-state index >= 15 is 0 Å². The van der Waals surface area contributed by atoms with Crippen molar-refractivity contribution in [2.24, 2.45) is 0 Å². The van der Waals surface area contributed by atoms with E-state index in [-0.39, 0.29) is 5.91 Å². The number of aryl methyl sites for hydroxylation is 1. The summed E-state index contributed by atoms with van der Waals surface area (Å²) in [6, 6.07) is 7.04. The number of thiophene rings is 1. The number of amides is 1. The third-order valence-corrected chi connectivity index (χ3v) is 3.94. The molecule has 108 valence electrons. The Labute approximate surface area is 130 Å². The average Bonchev–Trinajstić information content (AvgIpc) is 2.89. The molecular weight excluding hydrogens is 310 g/mol. The van der Waals surface area contributed by atoms with E-state index in [2.05, 4.69) is 5.32 Å². The number of rotatable bonds is 4. The Morgan fingerprint density at radius 3 is 2.81 bits per heavy atom. The van der Waals surface area contributed by atoms with Gasteiger partial charge in [0.1, 0.15) is 0 Å². The number of halogens is 1. The van der Waals surface area contributed by atoms with Crippen LogP contribution in [0.15, 0.2) is 35.7 Å². The van der Waals surface area contributed by atoms with Gasteiger partial charge in [0.05, 0.1) is 15.6 Å². The van der Waals surface area contributed by atoms with Gasteiger partial charge in [-0.3, -0.25) is 4.79 Å². The minimum Gasteiger partial charge on any atom is -0.478 e. The van der Waals surface area contributed by atoms with E-state index in [1.54, 1.807) is 23.6 Å². The van der Waals surface area contributed by atoms with Gasteiger partial charge in [-0.2, -0.15) is 0 Å². The fraction of sp³-hybridized carbons (Fsp3) is 0.0667. The molecule has 0 fully saturated rings. The summed E-state index contributed by atoms with van der Waals surface area (Å²) in [6.45, 7) is 1.90. The van der Waals surface area contributed by atoms with Crippen LogP contribution in [0.5, 0.6) is 0 Å². The van der Waals surface area contributed by atoms with E-state index in [4.69, 9.17) is 16.7 Å². The van der Waals surface area contributed by atoms with Gasteiger partial charge >= 0.3 is 5.97 Å². The van der Waals surface area contributed by atoms with Crippen LogP contribution in [0.1, 0.15) is 20.8 Å². The van der Waals surface area contributed by atoms with Crippen molar-refractivity contribution in [3.8, 4) is 0 Å². The van der Waals surface area contributed by atoms with Gasteiger partial charge in [-0.1, -0.05) is 17.7 Å². The van der Waals surface area contributed by atoms with Gasteiger partial charge in [0.15, 0.2) is 0 Å². The molecule has 0 spiro atoms. The van der Waals surface area contributed by atoms with Gasteiger partial charge in [0.25, 0.3) is 5.91 Å². The molecule has 6 heteroatoms. The first-order chi connectivity index (χ1) is 9.97. The van der Waals surface area contributed by atoms with Crippen molar-refractivity contribution in [2.45, 2.75) is 6.92 Å². The lowest BCUT2D eigenvalue weighted by Gasteiger charge is -2.07. The van der Waals surface area contributed by atoms with Gasteiger partial charge in [-0.25, -0.2) is 4.79 Å². The lowest BCUT2D eigenvalue weighted by Crippen LogP contribution is -2.11. The molecule has 2 aromatic rings. The Kier molecular flexibility index (Phi) is 4.77. The molecule has 0 aliphatic heterocycles. The van der Waals surface area contributed by atoms with Gasteiger partial charge in [0, 0.05) is 6.08 Å². The minimum atomic E-state index is -1.06. The topological polar surface area (TPSA) is 66.4 Å².